The summed E-state index contributed by atoms with van der Waals surface area (Å²) in [5.41, 5.74) is 0.237. The van der Waals surface area contributed by atoms with Crippen molar-refractivity contribution < 1.29 is 27.1 Å². The second-order valence-corrected chi connectivity index (χ2v) is 9.21. The Labute approximate surface area is 170 Å². The van der Waals surface area contributed by atoms with E-state index in [9.17, 15) is 22.4 Å². The number of carbonyl (C=O) groups is 2. The lowest BCUT2D eigenvalue weighted by molar-refractivity contribution is -0.119. The van der Waals surface area contributed by atoms with E-state index in [0.29, 0.717) is 13.1 Å². The highest BCUT2D eigenvalue weighted by atomic mass is 35.5. The molecule has 1 saturated heterocycles. The van der Waals surface area contributed by atoms with Gasteiger partial charge in [0.25, 0.3) is 5.91 Å². The maximum Gasteiger partial charge on any atom is 0.350 e. The van der Waals surface area contributed by atoms with Gasteiger partial charge >= 0.3 is 5.97 Å². The summed E-state index contributed by atoms with van der Waals surface area (Å²) in [5, 5.41) is 3.73. The van der Waals surface area contributed by atoms with Gasteiger partial charge in [-0.25, -0.2) is 17.6 Å². The Morgan fingerprint density at radius 2 is 1.96 bits per heavy atom. The maximum absolute atomic E-state index is 13.1. The van der Waals surface area contributed by atoms with Gasteiger partial charge < -0.3 is 10.1 Å². The first-order valence-corrected chi connectivity index (χ1v) is 11.0. The van der Waals surface area contributed by atoms with Crippen LogP contribution in [0.3, 0.4) is 0 Å². The van der Waals surface area contributed by atoms with Crippen LogP contribution in [0.1, 0.15) is 22.5 Å². The maximum atomic E-state index is 13.1. The van der Waals surface area contributed by atoms with E-state index >= 15 is 0 Å². The lowest BCUT2D eigenvalue weighted by Gasteiger charge is -2.15. The molecule has 1 amide bonds. The van der Waals surface area contributed by atoms with Crippen LogP contribution < -0.4 is 5.32 Å². The zero-order valence-electron chi connectivity index (χ0n) is 14.5. The van der Waals surface area contributed by atoms with E-state index in [1.807, 2.05) is 0 Å². The summed E-state index contributed by atoms with van der Waals surface area (Å²) in [5.74, 6) is -2.20. The summed E-state index contributed by atoms with van der Waals surface area (Å²) in [6.45, 7) is 0.194. The molecule has 7 nitrogen and oxygen atoms in total. The molecule has 2 heterocycles. The number of esters is 1. The fraction of sp³-hybridized carbons (Fsp3) is 0.294. The quantitative estimate of drug-likeness (QED) is 0.688. The Hall–Kier alpha value is -2.01. The third kappa shape index (κ3) is 4.52. The second kappa shape index (κ2) is 8.56. The smallest absolute Gasteiger partial charge is 0.350 e. The fourth-order valence-corrected chi connectivity index (χ4v) is 5.67. The standard InChI is InChI=1S/C17H16ClFN2O5S2/c18-12-9-11(3-4-13(12)19)20-15(22)10-26-17(23)16-14(5-8-27-16)28(24,25)21-6-1-2-7-21/h3-5,8-9H,1-2,6-7,10H2,(H,20,22). The van der Waals surface area contributed by atoms with Crippen LogP contribution in [0.25, 0.3) is 0 Å². The van der Waals surface area contributed by atoms with E-state index in [-0.39, 0.29) is 20.5 Å². The van der Waals surface area contributed by atoms with Crippen molar-refractivity contribution >= 4 is 50.5 Å². The summed E-state index contributed by atoms with van der Waals surface area (Å²) in [4.78, 5) is 24.0. The van der Waals surface area contributed by atoms with E-state index in [1.54, 1.807) is 0 Å². The number of sulfonamides is 1. The molecule has 1 aliphatic heterocycles. The molecule has 11 heteroatoms. The van der Waals surface area contributed by atoms with Crippen molar-refractivity contribution in [3.8, 4) is 0 Å². The largest absolute Gasteiger partial charge is 0.451 e. The lowest BCUT2D eigenvalue weighted by Crippen LogP contribution is -2.29. The van der Waals surface area contributed by atoms with E-state index in [1.165, 1.54) is 27.9 Å². The highest BCUT2D eigenvalue weighted by Crippen LogP contribution is 2.28. The third-order valence-electron chi connectivity index (χ3n) is 4.04. The fourth-order valence-electron chi connectivity index (χ4n) is 2.68. The number of anilines is 1. The Morgan fingerprint density at radius 3 is 2.64 bits per heavy atom. The van der Waals surface area contributed by atoms with Crippen LogP contribution in [-0.2, 0) is 19.6 Å². The van der Waals surface area contributed by atoms with Gasteiger partial charge in [0.1, 0.15) is 15.6 Å². The number of ether oxygens (including phenoxy) is 1. The Balaban J connectivity index is 1.63. The molecule has 1 fully saturated rings. The van der Waals surface area contributed by atoms with Crippen molar-refractivity contribution in [1.82, 2.24) is 4.31 Å². The number of hydrogen-bond acceptors (Lipinski definition) is 6. The van der Waals surface area contributed by atoms with Gasteiger partial charge in [0.15, 0.2) is 6.61 Å². The van der Waals surface area contributed by atoms with Crippen molar-refractivity contribution in [2.45, 2.75) is 17.7 Å². The Morgan fingerprint density at radius 1 is 1.25 bits per heavy atom. The first kappa shape index (κ1) is 20.7. The topological polar surface area (TPSA) is 92.8 Å². The molecular formula is C17H16ClFN2O5S2. The molecule has 150 valence electrons. The first-order chi connectivity index (χ1) is 13.3. The average molecular weight is 447 g/mol. The molecule has 28 heavy (non-hydrogen) atoms. The van der Waals surface area contributed by atoms with Crippen LogP contribution in [0.15, 0.2) is 34.5 Å². The van der Waals surface area contributed by atoms with Gasteiger partial charge in [-0.15, -0.1) is 11.3 Å². The molecule has 1 aromatic carbocycles. The number of rotatable bonds is 6. The molecule has 1 N–H and O–H groups in total. The first-order valence-electron chi connectivity index (χ1n) is 8.28. The molecule has 0 spiro atoms. The molecule has 0 radical (unpaired) electrons. The summed E-state index contributed by atoms with van der Waals surface area (Å²) >= 11 is 6.57. The van der Waals surface area contributed by atoms with Gasteiger partial charge in [-0.3, -0.25) is 4.79 Å². The van der Waals surface area contributed by atoms with Crippen LogP contribution in [0.4, 0.5) is 10.1 Å². The van der Waals surface area contributed by atoms with Gasteiger partial charge in [-0.2, -0.15) is 4.31 Å². The summed E-state index contributed by atoms with van der Waals surface area (Å²) in [6, 6.07) is 4.97. The van der Waals surface area contributed by atoms with Gasteiger partial charge in [-0.05, 0) is 42.5 Å². The van der Waals surface area contributed by atoms with Gasteiger partial charge in [-0.1, -0.05) is 11.6 Å². The number of hydrogen-bond donors (Lipinski definition) is 1. The molecule has 0 atom stereocenters. The summed E-state index contributed by atoms with van der Waals surface area (Å²) < 4.78 is 44.7. The van der Waals surface area contributed by atoms with Crippen molar-refractivity contribution in [3.63, 3.8) is 0 Å². The number of benzene rings is 1. The number of nitrogens with one attached hydrogen (secondary N) is 1. The van der Waals surface area contributed by atoms with Crippen molar-refractivity contribution in [1.29, 1.82) is 0 Å². The number of nitrogens with zero attached hydrogens (tertiary/aromatic N) is 1. The van der Waals surface area contributed by atoms with E-state index in [2.05, 4.69) is 5.32 Å². The number of amides is 1. The molecule has 1 aromatic heterocycles. The minimum absolute atomic E-state index is 0.0791. The van der Waals surface area contributed by atoms with Gasteiger partial charge in [0, 0.05) is 18.8 Å². The summed E-state index contributed by atoms with van der Waals surface area (Å²) in [6.07, 6.45) is 1.55. The zero-order chi connectivity index (χ0) is 20.3. The molecule has 1 aliphatic rings. The normalized spacial score (nSPS) is 14.8. The molecular weight excluding hydrogens is 431 g/mol. The van der Waals surface area contributed by atoms with E-state index in [4.69, 9.17) is 16.3 Å². The molecule has 0 saturated carbocycles. The van der Waals surface area contributed by atoms with Crippen molar-refractivity contribution in [2.75, 3.05) is 25.0 Å². The minimum atomic E-state index is -3.77. The summed E-state index contributed by atoms with van der Waals surface area (Å²) in [7, 11) is -3.77. The zero-order valence-corrected chi connectivity index (χ0v) is 16.9. The Kier molecular flexibility index (Phi) is 6.33. The highest BCUT2D eigenvalue weighted by molar-refractivity contribution is 7.89. The highest BCUT2D eigenvalue weighted by Gasteiger charge is 2.32. The van der Waals surface area contributed by atoms with Crippen LogP contribution >= 0.6 is 22.9 Å². The number of halogens is 2. The molecule has 0 unspecified atom stereocenters. The predicted octanol–water partition coefficient (Wildman–Crippen LogP) is 3.12. The molecule has 2 aromatic rings. The van der Waals surface area contributed by atoms with Crippen LogP contribution in [0.2, 0.25) is 5.02 Å². The minimum Gasteiger partial charge on any atom is -0.451 e. The molecule has 0 aliphatic carbocycles. The van der Waals surface area contributed by atoms with Gasteiger partial charge in [0.05, 0.1) is 5.02 Å². The average Bonchev–Trinajstić information content (AvgIpc) is 3.35. The van der Waals surface area contributed by atoms with Gasteiger partial charge in [0.2, 0.25) is 10.0 Å². The number of thiophene rings is 1. The second-order valence-electron chi connectivity index (χ2n) is 5.98. The SMILES string of the molecule is O=C(COC(=O)c1sccc1S(=O)(=O)N1CCCC1)Nc1ccc(F)c(Cl)c1. The van der Waals surface area contributed by atoms with Crippen LogP contribution in [-0.4, -0.2) is 44.3 Å². The van der Waals surface area contributed by atoms with Crippen molar-refractivity contribution in [2.24, 2.45) is 0 Å². The van der Waals surface area contributed by atoms with E-state index in [0.717, 1.165) is 30.2 Å². The van der Waals surface area contributed by atoms with E-state index < -0.39 is 34.3 Å². The van der Waals surface area contributed by atoms with Crippen molar-refractivity contribution in [3.05, 3.63) is 45.4 Å². The Bertz CT molecular complexity index is 1000. The van der Waals surface area contributed by atoms with Crippen LogP contribution in [0.5, 0.6) is 0 Å². The molecule has 0 bridgehead atoms. The monoisotopic (exact) mass is 446 g/mol. The van der Waals surface area contributed by atoms with Crippen LogP contribution in [0, 0.1) is 5.82 Å². The number of carbonyl (C=O) groups excluding carboxylic acids is 2. The predicted molar refractivity (Wildman–Crippen MR) is 103 cm³/mol. The third-order valence-corrected chi connectivity index (χ3v) is 7.29. The lowest BCUT2D eigenvalue weighted by atomic mass is 10.3. The molecule has 3 rings (SSSR count).